The molecule has 1 unspecified atom stereocenters. The first-order valence-corrected chi connectivity index (χ1v) is 8.56. The number of hydrogen-bond acceptors (Lipinski definition) is 1. The van der Waals surface area contributed by atoms with Crippen molar-refractivity contribution < 1.29 is 0 Å². The molecule has 3 nitrogen and oxygen atoms in total. The van der Waals surface area contributed by atoms with Gasteiger partial charge in [-0.3, -0.25) is 0 Å². The van der Waals surface area contributed by atoms with Crippen molar-refractivity contribution in [2.24, 2.45) is 0 Å². The van der Waals surface area contributed by atoms with Crippen LogP contribution in [0.3, 0.4) is 0 Å². The molecule has 4 heteroatoms. The van der Waals surface area contributed by atoms with Crippen LogP contribution in [0, 0.1) is 6.92 Å². The number of hydrogen-bond donors (Lipinski definition) is 1. The van der Waals surface area contributed by atoms with Gasteiger partial charge in [-0.1, -0.05) is 29.8 Å². The van der Waals surface area contributed by atoms with Crippen LogP contribution >= 0.6 is 12.2 Å². The number of aryl methyl sites for hydroxylation is 1. The molecule has 1 atom stereocenters. The molecular formula is C19H25N3S. The van der Waals surface area contributed by atoms with E-state index >= 15 is 0 Å². The van der Waals surface area contributed by atoms with Gasteiger partial charge in [0.05, 0.1) is 6.04 Å². The Labute approximate surface area is 144 Å². The molecule has 2 heterocycles. The summed E-state index contributed by atoms with van der Waals surface area (Å²) in [5.41, 5.74) is 3.84. The van der Waals surface area contributed by atoms with Crippen LogP contribution in [0.25, 0.3) is 0 Å². The van der Waals surface area contributed by atoms with E-state index in [4.69, 9.17) is 12.2 Å². The van der Waals surface area contributed by atoms with E-state index in [9.17, 15) is 0 Å². The average molecular weight is 327 g/mol. The molecular weight excluding hydrogens is 302 g/mol. The standard InChI is InChI=1S/C19H25N3S/c1-14-7-9-15(10-8-14)17-16-6-5-11-21(16)12-13-22(17)18(23)20-19(2,3)4/h5-11,17H,12-13H2,1-4H3,(H,20,23). The molecule has 0 saturated carbocycles. The van der Waals surface area contributed by atoms with Crippen LogP contribution in [0.1, 0.15) is 43.6 Å². The zero-order valence-electron chi connectivity index (χ0n) is 14.3. The maximum Gasteiger partial charge on any atom is 0.170 e. The molecule has 3 rings (SSSR count). The second-order valence-electron chi connectivity index (χ2n) is 7.31. The Morgan fingerprint density at radius 2 is 1.83 bits per heavy atom. The van der Waals surface area contributed by atoms with Gasteiger partial charge in [-0.2, -0.15) is 0 Å². The summed E-state index contributed by atoms with van der Waals surface area (Å²) in [6, 6.07) is 13.3. The van der Waals surface area contributed by atoms with E-state index in [2.05, 4.69) is 85.1 Å². The Morgan fingerprint density at radius 1 is 1.13 bits per heavy atom. The highest BCUT2D eigenvalue weighted by Crippen LogP contribution is 2.32. The Hall–Kier alpha value is -1.81. The fraction of sp³-hybridized carbons (Fsp3) is 0.421. The van der Waals surface area contributed by atoms with Crippen LogP contribution in [0.4, 0.5) is 0 Å². The Balaban J connectivity index is 1.98. The number of thiocarbonyl (C=S) groups is 1. The zero-order valence-corrected chi connectivity index (χ0v) is 15.2. The molecule has 1 aromatic heterocycles. The van der Waals surface area contributed by atoms with Gasteiger partial charge in [0.1, 0.15) is 0 Å². The van der Waals surface area contributed by atoms with Crippen molar-refractivity contribution in [2.45, 2.75) is 45.8 Å². The molecule has 0 aliphatic carbocycles. The molecule has 1 aliphatic heterocycles. The number of aromatic nitrogens is 1. The van der Waals surface area contributed by atoms with Gasteiger partial charge in [-0.05, 0) is 57.6 Å². The van der Waals surface area contributed by atoms with Gasteiger partial charge in [-0.15, -0.1) is 0 Å². The van der Waals surface area contributed by atoms with Gasteiger partial charge in [0.25, 0.3) is 0 Å². The Morgan fingerprint density at radius 3 is 2.48 bits per heavy atom. The molecule has 0 radical (unpaired) electrons. The quantitative estimate of drug-likeness (QED) is 0.803. The van der Waals surface area contributed by atoms with E-state index in [1.54, 1.807) is 0 Å². The summed E-state index contributed by atoms with van der Waals surface area (Å²) in [5, 5.41) is 4.30. The van der Waals surface area contributed by atoms with Gasteiger partial charge in [0, 0.05) is 30.5 Å². The lowest BCUT2D eigenvalue weighted by Crippen LogP contribution is -2.52. The molecule has 0 fully saturated rings. The summed E-state index contributed by atoms with van der Waals surface area (Å²) in [6.07, 6.45) is 2.16. The Bertz CT molecular complexity index is 694. The highest BCUT2D eigenvalue weighted by molar-refractivity contribution is 7.80. The molecule has 0 amide bonds. The lowest BCUT2D eigenvalue weighted by molar-refractivity contribution is 0.278. The molecule has 1 aliphatic rings. The maximum atomic E-state index is 5.73. The number of benzene rings is 1. The van der Waals surface area contributed by atoms with Gasteiger partial charge in [0.15, 0.2) is 5.11 Å². The minimum atomic E-state index is -0.0334. The number of fused-ring (bicyclic) bond motifs is 1. The van der Waals surface area contributed by atoms with Crippen molar-refractivity contribution in [3.63, 3.8) is 0 Å². The molecule has 0 spiro atoms. The summed E-state index contributed by atoms with van der Waals surface area (Å²) in [7, 11) is 0. The topological polar surface area (TPSA) is 20.2 Å². The monoisotopic (exact) mass is 327 g/mol. The van der Waals surface area contributed by atoms with Crippen LogP contribution in [0.2, 0.25) is 0 Å². The average Bonchev–Trinajstić information content (AvgIpc) is 2.93. The second kappa shape index (κ2) is 6.00. The Kier molecular flexibility index (Phi) is 4.19. The summed E-state index contributed by atoms with van der Waals surface area (Å²) in [5.74, 6) is 0. The predicted octanol–water partition coefficient (Wildman–Crippen LogP) is 3.87. The highest BCUT2D eigenvalue weighted by Gasteiger charge is 2.31. The van der Waals surface area contributed by atoms with E-state index in [0.717, 1.165) is 18.2 Å². The third-order valence-corrected chi connectivity index (χ3v) is 4.51. The zero-order chi connectivity index (χ0) is 16.6. The van der Waals surface area contributed by atoms with E-state index < -0.39 is 0 Å². The van der Waals surface area contributed by atoms with E-state index in [-0.39, 0.29) is 11.6 Å². The SMILES string of the molecule is Cc1ccc(C2c3cccn3CCN2C(=S)NC(C)(C)C)cc1. The first kappa shape index (κ1) is 16.1. The fourth-order valence-electron chi connectivity index (χ4n) is 3.09. The third-order valence-electron chi connectivity index (χ3n) is 4.17. The molecule has 0 bridgehead atoms. The van der Waals surface area contributed by atoms with Crippen LogP contribution in [0.5, 0.6) is 0 Å². The van der Waals surface area contributed by atoms with Crippen molar-refractivity contribution in [3.8, 4) is 0 Å². The number of nitrogens with one attached hydrogen (secondary N) is 1. The lowest BCUT2D eigenvalue weighted by atomic mass is 9.99. The summed E-state index contributed by atoms with van der Waals surface area (Å²) >= 11 is 5.73. The van der Waals surface area contributed by atoms with Crippen LogP contribution in [-0.4, -0.2) is 26.7 Å². The van der Waals surface area contributed by atoms with Crippen LogP contribution < -0.4 is 5.32 Å². The van der Waals surface area contributed by atoms with Gasteiger partial charge in [0.2, 0.25) is 0 Å². The van der Waals surface area contributed by atoms with Crippen molar-refractivity contribution >= 4 is 17.3 Å². The van der Waals surface area contributed by atoms with E-state index in [1.165, 1.54) is 16.8 Å². The van der Waals surface area contributed by atoms with Crippen LogP contribution in [-0.2, 0) is 6.54 Å². The number of rotatable bonds is 1. The summed E-state index contributed by atoms with van der Waals surface area (Å²) in [6.45, 7) is 10.4. The third kappa shape index (κ3) is 3.42. The van der Waals surface area contributed by atoms with Crippen LogP contribution in [0.15, 0.2) is 42.6 Å². The smallest absolute Gasteiger partial charge is 0.170 e. The van der Waals surface area contributed by atoms with Gasteiger partial charge < -0.3 is 14.8 Å². The summed E-state index contributed by atoms with van der Waals surface area (Å²) in [4.78, 5) is 2.32. The molecule has 122 valence electrons. The fourth-order valence-corrected chi connectivity index (χ4v) is 3.60. The largest absolute Gasteiger partial charge is 0.358 e. The normalized spacial score (nSPS) is 17.7. The van der Waals surface area contributed by atoms with E-state index in [1.807, 2.05) is 0 Å². The van der Waals surface area contributed by atoms with E-state index in [0.29, 0.717) is 0 Å². The second-order valence-corrected chi connectivity index (χ2v) is 7.70. The van der Waals surface area contributed by atoms with Crippen molar-refractivity contribution in [2.75, 3.05) is 6.54 Å². The molecule has 1 N–H and O–H groups in total. The van der Waals surface area contributed by atoms with Crippen molar-refractivity contribution in [1.82, 2.24) is 14.8 Å². The van der Waals surface area contributed by atoms with Gasteiger partial charge in [-0.25, -0.2) is 0 Å². The first-order chi connectivity index (χ1) is 10.8. The predicted molar refractivity (Wildman–Crippen MR) is 99.6 cm³/mol. The number of nitrogens with zero attached hydrogens (tertiary/aromatic N) is 2. The minimum Gasteiger partial charge on any atom is -0.358 e. The lowest BCUT2D eigenvalue weighted by Gasteiger charge is -2.40. The minimum absolute atomic E-state index is 0.0334. The molecule has 2 aromatic rings. The molecule has 0 saturated heterocycles. The first-order valence-electron chi connectivity index (χ1n) is 8.15. The molecule has 23 heavy (non-hydrogen) atoms. The maximum absolute atomic E-state index is 5.73. The van der Waals surface area contributed by atoms with Gasteiger partial charge >= 0.3 is 0 Å². The molecule has 1 aromatic carbocycles. The van der Waals surface area contributed by atoms with Crippen molar-refractivity contribution in [3.05, 3.63) is 59.4 Å². The highest BCUT2D eigenvalue weighted by atomic mass is 32.1. The summed E-state index contributed by atoms with van der Waals surface area (Å²) < 4.78 is 2.33. The van der Waals surface area contributed by atoms with Crippen molar-refractivity contribution in [1.29, 1.82) is 0 Å².